The monoisotopic (exact) mass is 426 g/mol. The van der Waals surface area contributed by atoms with Crippen molar-refractivity contribution in [1.82, 2.24) is 19.8 Å². The third-order valence-electron chi connectivity index (χ3n) is 6.77. The third-order valence-corrected chi connectivity index (χ3v) is 6.77. The zero-order valence-electron chi connectivity index (χ0n) is 18.2. The standard InChI is InChI=1S/C26H26N4O2/c1-2-19-7-3-4-8-20(19)17-29-13-15-30(16-14-29)26(23-11-12-27-18-28-23)24(31)21-9-5-6-10-22(21)25(26)32/h3-12,18H,2,13-17H2,1H3. The molecule has 0 radical (unpaired) electrons. The number of hydrogen-bond donors (Lipinski definition) is 0. The van der Waals surface area contributed by atoms with Crippen molar-refractivity contribution in [2.75, 3.05) is 26.2 Å². The Morgan fingerprint density at radius 2 is 1.47 bits per heavy atom. The van der Waals surface area contributed by atoms with Gasteiger partial charge in [-0.05, 0) is 23.6 Å². The lowest BCUT2D eigenvalue weighted by molar-refractivity contribution is 0.0266. The molecule has 0 amide bonds. The van der Waals surface area contributed by atoms with Crippen LogP contribution in [0.5, 0.6) is 0 Å². The molecule has 0 spiro atoms. The molecule has 2 aliphatic rings. The van der Waals surface area contributed by atoms with Crippen LogP contribution in [0.15, 0.2) is 67.1 Å². The van der Waals surface area contributed by atoms with Crippen LogP contribution in [-0.2, 0) is 18.5 Å². The normalized spacial score (nSPS) is 18.7. The number of carbonyl (C=O) groups excluding carboxylic acids is 2. The fourth-order valence-corrected chi connectivity index (χ4v) is 5.10. The molecule has 1 fully saturated rings. The number of ketones is 2. The first-order valence-corrected chi connectivity index (χ1v) is 11.2. The van der Waals surface area contributed by atoms with Crippen LogP contribution in [0.3, 0.4) is 0 Å². The molecule has 1 aliphatic carbocycles. The molecule has 0 saturated carbocycles. The number of carbonyl (C=O) groups is 2. The summed E-state index contributed by atoms with van der Waals surface area (Å²) in [6.45, 7) is 5.84. The molecule has 1 saturated heterocycles. The van der Waals surface area contributed by atoms with Gasteiger partial charge in [-0.25, -0.2) is 9.97 Å². The van der Waals surface area contributed by atoms with Crippen LogP contribution in [-0.4, -0.2) is 57.5 Å². The summed E-state index contributed by atoms with van der Waals surface area (Å²) in [7, 11) is 0. The number of nitrogens with zero attached hydrogens (tertiary/aromatic N) is 4. The highest BCUT2D eigenvalue weighted by atomic mass is 16.2. The van der Waals surface area contributed by atoms with Gasteiger partial charge in [0, 0.05) is 50.0 Å². The minimum Gasteiger partial charge on any atom is -0.297 e. The Bertz CT molecular complexity index is 1120. The molecule has 32 heavy (non-hydrogen) atoms. The first-order valence-electron chi connectivity index (χ1n) is 11.2. The molecule has 1 aliphatic heterocycles. The molecule has 0 bridgehead atoms. The maximum atomic E-state index is 13.7. The van der Waals surface area contributed by atoms with E-state index in [0.29, 0.717) is 29.9 Å². The Hall–Kier alpha value is -3.22. The van der Waals surface area contributed by atoms with Crippen LogP contribution in [0.2, 0.25) is 0 Å². The van der Waals surface area contributed by atoms with E-state index in [1.807, 2.05) is 17.0 Å². The minimum atomic E-state index is -1.40. The predicted molar refractivity (Wildman–Crippen MR) is 121 cm³/mol. The van der Waals surface area contributed by atoms with Gasteiger partial charge >= 0.3 is 0 Å². The van der Waals surface area contributed by atoms with Gasteiger partial charge in [0.05, 0.1) is 5.69 Å². The van der Waals surface area contributed by atoms with E-state index >= 15 is 0 Å². The fraction of sp³-hybridized carbons (Fsp3) is 0.308. The maximum absolute atomic E-state index is 13.7. The largest absolute Gasteiger partial charge is 0.297 e. The molecule has 2 aromatic carbocycles. The number of aromatic nitrogens is 2. The summed E-state index contributed by atoms with van der Waals surface area (Å²) in [5.41, 5.74) is 2.73. The molecule has 1 aromatic heterocycles. The van der Waals surface area contributed by atoms with E-state index in [2.05, 4.69) is 46.1 Å². The van der Waals surface area contributed by atoms with E-state index in [-0.39, 0.29) is 11.6 Å². The van der Waals surface area contributed by atoms with Crippen LogP contribution in [0, 0.1) is 0 Å². The van der Waals surface area contributed by atoms with Crippen molar-refractivity contribution in [2.45, 2.75) is 25.4 Å². The molecule has 5 rings (SSSR count). The molecule has 0 N–H and O–H groups in total. The highest BCUT2D eigenvalue weighted by Gasteiger charge is 2.59. The van der Waals surface area contributed by atoms with Crippen molar-refractivity contribution >= 4 is 11.6 Å². The first-order chi connectivity index (χ1) is 15.7. The molecule has 6 nitrogen and oxygen atoms in total. The van der Waals surface area contributed by atoms with Crippen molar-refractivity contribution in [2.24, 2.45) is 0 Å². The van der Waals surface area contributed by atoms with Crippen molar-refractivity contribution < 1.29 is 9.59 Å². The number of benzene rings is 2. The third kappa shape index (κ3) is 3.18. The van der Waals surface area contributed by atoms with Gasteiger partial charge in [-0.15, -0.1) is 0 Å². The van der Waals surface area contributed by atoms with E-state index in [0.717, 1.165) is 26.1 Å². The van der Waals surface area contributed by atoms with E-state index in [9.17, 15) is 9.59 Å². The van der Waals surface area contributed by atoms with E-state index in [4.69, 9.17) is 0 Å². The second-order valence-electron chi connectivity index (χ2n) is 8.39. The summed E-state index contributed by atoms with van der Waals surface area (Å²) in [5.74, 6) is -0.358. The van der Waals surface area contributed by atoms with Gasteiger partial charge in [-0.1, -0.05) is 55.5 Å². The van der Waals surface area contributed by atoms with Crippen molar-refractivity contribution in [3.05, 3.63) is 95.1 Å². The lowest BCUT2D eigenvalue weighted by atomic mass is 9.86. The van der Waals surface area contributed by atoms with Crippen LogP contribution >= 0.6 is 0 Å². The lowest BCUT2D eigenvalue weighted by Gasteiger charge is -2.43. The van der Waals surface area contributed by atoms with Crippen molar-refractivity contribution in [3.8, 4) is 0 Å². The van der Waals surface area contributed by atoms with E-state index in [1.54, 1.807) is 24.4 Å². The number of fused-ring (bicyclic) bond motifs is 1. The Morgan fingerprint density at radius 3 is 2.06 bits per heavy atom. The summed E-state index contributed by atoms with van der Waals surface area (Å²) >= 11 is 0. The van der Waals surface area contributed by atoms with Crippen LogP contribution in [0.4, 0.5) is 0 Å². The topological polar surface area (TPSA) is 66.4 Å². The highest BCUT2D eigenvalue weighted by Crippen LogP contribution is 2.42. The Balaban J connectivity index is 1.44. The zero-order chi connectivity index (χ0) is 22.1. The van der Waals surface area contributed by atoms with Gasteiger partial charge in [0.25, 0.3) is 0 Å². The SMILES string of the molecule is CCc1ccccc1CN1CCN(C2(c3ccncn3)C(=O)c3ccccc3C2=O)CC1. The van der Waals surface area contributed by atoms with Crippen LogP contribution in [0.25, 0.3) is 0 Å². The van der Waals surface area contributed by atoms with Gasteiger partial charge < -0.3 is 0 Å². The number of rotatable bonds is 5. The quantitative estimate of drug-likeness (QED) is 0.584. The Kier molecular flexibility index (Phi) is 5.41. The summed E-state index contributed by atoms with van der Waals surface area (Å²) in [6, 6.07) is 17.4. The van der Waals surface area contributed by atoms with Gasteiger partial charge in [-0.3, -0.25) is 19.4 Å². The second-order valence-corrected chi connectivity index (χ2v) is 8.39. The molecule has 0 atom stereocenters. The molecular weight excluding hydrogens is 400 g/mol. The lowest BCUT2D eigenvalue weighted by Crippen LogP contribution is -2.60. The highest BCUT2D eigenvalue weighted by molar-refractivity contribution is 6.32. The first kappa shape index (κ1) is 20.7. The summed E-state index contributed by atoms with van der Waals surface area (Å²) in [5, 5.41) is 0. The predicted octanol–water partition coefficient (Wildman–Crippen LogP) is 3.13. The fourth-order valence-electron chi connectivity index (χ4n) is 5.10. The second kappa shape index (κ2) is 8.37. The number of piperazine rings is 1. The maximum Gasteiger partial charge on any atom is 0.198 e. The molecular formula is C26H26N4O2. The molecule has 3 aromatic rings. The van der Waals surface area contributed by atoms with Crippen molar-refractivity contribution in [1.29, 1.82) is 0 Å². The molecule has 2 heterocycles. The van der Waals surface area contributed by atoms with Crippen LogP contribution in [0.1, 0.15) is 44.5 Å². The average molecular weight is 427 g/mol. The summed E-state index contributed by atoms with van der Waals surface area (Å²) in [4.78, 5) is 40.3. The van der Waals surface area contributed by atoms with E-state index in [1.165, 1.54) is 17.5 Å². The Morgan fingerprint density at radius 1 is 0.844 bits per heavy atom. The zero-order valence-corrected chi connectivity index (χ0v) is 18.2. The van der Waals surface area contributed by atoms with E-state index < -0.39 is 5.54 Å². The number of hydrogen-bond acceptors (Lipinski definition) is 6. The van der Waals surface area contributed by atoms with Crippen molar-refractivity contribution in [3.63, 3.8) is 0 Å². The van der Waals surface area contributed by atoms with Crippen LogP contribution < -0.4 is 0 Å². The van der Waals surface area contributed by atoms with Gasteiger partial charge in [0.15, 0.2) is 17.1 Å². The van der Waals surface area contributed by atoms with Gasteiger partial charge in [0.1, 0.15) is 6.33 Å². The minimum absolute atomic E-state index is 0.179. The molecule has 162 valence electrons. The number of aryl methyl sites for hydroxylation is 1. The average Bonchev–Trinajstić information content (AvgIpc) is 3.08. The Labute approximate surface area is 187 Å². The molecule has 6 heteroatoms. The smallest absolute Gasteiger partial charge is 0.198 e. The van der Waals surface area contributed by atoms with Gasteiger partial charge in [-0.2, -0.15) is 0 Å². The molecule has 0 unspecified atom stereocenters. The number of Topliss-reactive ketones (excluding diaryl/α,β-unsaturated/α-hetero) is 2. The summed E-state index contributed by atoms with van der Waals surface area (Å²) in [6.07, 6.45) is 4.03. The van der Waals surface area contributed by atoms with Gasteiger partial charge in [0.2, 0.25) is 0 Å². The summed E-state index contributed by atoms with van der Waals surface area (Å²) < 4.78 is 0.